The minimum atomic E-state index is -0.538. The minimum Gasteiger partial charge on any atom is -0.393 e. The largest absolute Gasteiger partial charge is 0.393 e. The molecule has 0 saturated heterocycles. The van der Waals surface area contributed by atoms with Gasteiger partial charge in [-0.15, -0.1) is 0 Å². The maximum absolute atomic E-state index is 10.1. The van der Waals surface area contributed by atoms with Gasteiger partial charge in [-0.3, -0.25) is 0 Å². The van der Waals surface area contributed by atoms with Crippen molar-refractivity contribution in [2.45, 2.75) is 82.8 Å². The lowest BCUT2D eigenvalue weighted by atomic mass is 9.92. The van der Waals surface area contributed by atoms with Crippen LogP contribution in [0.15, 0.2) is 0 Å². The molecule has 1 atom stereocenters. The van der Waals surface area contributed by atoms with E-state index < -0.39 is 5.60 Å². The van der Waals surface area contributed by atoms with Crippen molar-refractivity contribution < 1.29 is 10.2 Å². The Morgan fingerprint density at radius 3 is 2.40 bits per heavy atom. The van der Waals surface area contributed by atoms with E-state index in [1.807, 2.05) is 0 Å². The molecular weight excluding hydrogens is 188 g/mol. The second-order valence-electron chi connectivity index (χ2n) is 5.14. The second kappa shape index (κ2) is 6.49. The SMILES string of the molecule is CCCCCCC(O)CC1(O)CCCC1. The summed E-state index contributed by atoms with van der Waals surface area (Å²) in [6.45, 7) is 2.19. The lowest BCUT2D eigenvalue weighted by molar-refractivity contribution is -0.00799. The summed E-state index contributed by atoms with van der Waals surface area (Å²) in [7, 11) is 0. The van der Waals surface area contributed by atoms with Crippen LogP contribution in [0.3, 0.4) is 0 Å². The Balaban J connectivity index is 2.09. The van der Waals surface area contributed by atoms with Crippen LogP contribution in [0.25, 0.3) is 0 Å². The molecule has 1 saturated carbocycles. The molecule has 15 heavy (non-hydrogen) atoms. The van der Waals surface area contributed by atoms with Crippen LogP contribution >= 0.6 is 0 Å². The van der Waals surface area contributed by atoms with Gasteiger partial charge in [0.25, 0.3) is 0 Å². The molecule has 0 aromatic rings. The van der Waals surface area contributed by atoms with Gasteiger partial charge in [-0.2, -0.15) is 0 Å². The highest BCUT2D eigenvalue weighted by molar-refractivity contribution is 4.86. The maximum Gasteiger partial charge on any atom is 0.0672 e. The van der Waals surface area contributed by atoms with E-state index >= 15 is 0 Å². The highest BCUT2D eigenvalue weighted by Gasteiger charge is 2.32. The molecule has 0 bridgehead atoms. The summed E-state index contributed by atoms with van der Waals surface area (Å²) in [5.74, 6) is 0. The summed E-state index contributed by atoms with van der Waals surface area (Å²) in [5, 5.41) is 19.9. The predicted molar refractivity (Wildman–Crippen MR) is 62.8 cm³/mol. The average Bonchev–Trinajstić information content (AvgIpc) is 2.59. The first-order valence-corrected chi connectivity index (χ1v) is 6.57. The van der Waals surface area contributed by atoms with Crippen LogP contribution in [0.1, 0.15) is 71.1 Å². The molecule has 0 aromatic carbocycles. The number of aliphatic hydroxyl groups excluding tert-OH is 1. The van der Waals surface area contributed by atoms with Crippen LogP contribution in [0.5, 0.6) is 0 Å². The van der Waals surface area contributed by atoms with Crippen LogP contribution in [0.2, 0.25) is 0 Å². The first-order valence-electron chi connectivity index (χ1n) is 6.57. The fourth-order valence-corrected chi connectivity index (χ4v) is 2.58. The maximum atomic E-state index is 10.1. The number of rotatable bonds is 7. The molecule has 0 radical (unpaired) electrons. The van der Waals surface area contributed by atoms with Gasteiger partial charge < -0.3 is 10.2 Å². The highest BCUT2D eigenvalue weighted by Crippen LogP contribution is 2.33. The molecule has 0 aliphatic heterocycles. The zero-order chi connectivity index (χ0) is 11.1. The summed E-state index contributed by atoms with van der Waals surface area (Å²) in [4.78, 5) is 0. The zero-order valence-electron chi connectivity index (χ0n) is 10.0. The van der Waals surface area contributed by atoms with E-state index in [0.717, 1.165) is 38.5 Å². The number of aliphatic hydroxyl groups is 2. The molecule has 90 valence electrons. The molecule has 1 aliphatic carbocycles. The van der Waals surface area contributed by atoms with Gasteiger partial charge in [0.15, 0.2) is 0 Å². The molecule has 0 amide bonds. The predicted octanol–water partition coefficient (Wildman–Crippen LogP) is 3.01. The highest BCUT2D eigenvalue weighted by atomic mass is 16.3. The van der Waals surface area contributed by atoms with Gasteiger partial charge in [-0.1, -0.05) is 45.4 Å². The third-order valence-electron chi connectivity index (χ3n) is 3.54. The van der Waals surface area contributed by atoms with Crippen molar-refractivity contribution in [2.24, 2.45) is 0 Å². The molecule has 1 rings (SSSR count). The molecule has 2 nitrogen and oxygen atoms in total. The Bertz CT molecular complexity index is 162. The molecule has 0 aromatic heterocycles. The normalized spacial score (nSPS) is 21.8. The van der Waals surface area contributed by atoms with Gasteiger partial charge in [-0.05, 0) is 19.3 Å². The van der Waals surface area contributed by atoms with Crippen LogP contribution in [-0.2, 0) is 0 Å². The van der Waals surface area contributed by atoms with Gasteiger partial charge >= 0.3 is 0 Å². The smallest absolute Gasteiger partial charge is 0.0672 e. The van der Waals surface area contributed by atoms with Gasteiger partial charge in [0, 0.05) is 6.42 Å². The third-order valence-corrected chi connectivity index (χ3v) is 3.54. The monoisotopic (exact) mass is 214 g/mol. The Kier molecular flexibility index (Phi) is 5.62. The van der Waals surface area contributed by atoms with E-state index in [1.54, 1.807) is 0 Å². The summed E-state index contributed by atoms with van der Waals surface area (Å²) >= 11 is 0. The number of hydrogen-bond donors (Lipinski definition) is 2. The fourth-order valence-electron chi connectivity index (χ4n) is 2.58. The van der Waals surface area contributed by atoms with E-state index in [0.29, 0.717) is 6.42 Å². The van der Waals surface area contributed by atoms with Crippen molar-refractivity contribution >= 4 is 0 Å². The number of unbranched alkanes of at least 4 members (excludes halogenated alkanes) is 3. The van der Waals surface area contributed by atoms with Gasteiger partial charge in [0.05, 0.1) is 11.7 Å². The summed E-state index contributed by atoms with van der Waals surface area (Å²) < 4.78 is 0. The second-order valence-corrected chi connectivity index (χ2v) is 5.14. The Hall–Kier alpha value is -0.0800. The topological polar surface area (TPSA) is 40.5 Å². The number of hydrogen-bond acceptors (Lipinski definition) is 2. The molecule has 1 fully saturated rings. The van der Waals surface area contributed by atoms with E-state index in [2.05, 4.69) is 6.92 Å². The first kappa shape index (κ1) is 13.0. The van der Waals surface area contributed by atoms with Crippen molar-refractivity contribution in [3.05, 3.63) is 0 Å². The molecule has 1 unspecified atom stereocenters. The van der Waals surface area contributed by atoms with Crippen LogP contribution in [-0.4, -0.2) is 21.9 Å². The fraction of sp³-hybridized carbons (Fsp3) is 1.00. The Morgan fingerprint density at radius 2 is 1.80 bits per heavy atom. The lowest BCUT2D eigenvalue weighted by Crippen LogP contribution is -2.30. The molecule has 2 heteroatoms. The van der Waals surface area contributed by atoms with E-state index in [9.17, 15) is 10.2 Å². The van der Waals surface area contributed by atoms with Gasteiger partial charge in [0.1, 0.15) is 0 Å². The van der Waals surface area contributed by atoms with Crippen LogP contribution in [0, 0.1) is 0 Å². The lowest BCUT2D eigenvalue weighted by Gasteiger charge is -2.25. The standard InChI is InChI=1S/C13H26O2/c1-2-3-4-5-8-12(14)11-13(15)9-6-7-10-13/h12,14-15H,2-11H2,1H3. The van der Waals surface area contributed by atoms with Crippen LogP contribution < -0.4 is 0 Å². The summed E-state index contributed by atoms with van der Waals surface area (Å²) in [6.07, 6.45) is 10.0. The van der Waals surface area contributed by atoms with Crippen molar-refractivity contribution in [3.8, 4) is 0 Å². The van der Waals surface area contributed by atoms with Crippen molar-refractivity contribution in [2.75, 3.05) is 0 Å². The molecule has 0 heterocycles. The third kappa shape index (κ3) is 4.98. The van der Waals surface area contributed by atoms with E-state index in [4.69, 9.17) is 0 Å². The Morgan fingerprint density at radius 1 is 1.13 bits per heavy atom. The molecule has 1 aliphatic rings. The van der Waals surface area contributed by atoms with Crippen molar-refractivity contribution in [1.29, 1.82) is 0 Å². The average molecular weight is 214 g/mol. The Labute approximate surface area is 93.7 Å². The summed E-state index contributed by atoms with van der Waals surface area (Å²) in [5.41, 5.74) is -0.538. The van der Waals surface area contributed by atoms with Gasteiger partial charge in [-0.25, -0.2) is 0 Å². The molecule has 0 spiro atoms. The summed E-state index contributed by atoms with van der Waals surface area (Å²) in [6, 6.07) is 0. The van der Waals surface area contributed by atoms with Crippen molar-refractivity contribution in [3.63, 3.8) is 0 Å². The molecule has 2 N–H and O–H groups in total. The van der Waals surface area contributed by atoms with Crippen molar-refractivity contribution in [1.82, 2.24) is 0 Å². The van der Waals surface area contributed by atoms with Gasteiger partial charge in [0.2, 0.25) is 0 Å². The zero-order valence-corrected chi connectivity index (χ0v) is 10.0. The molecular formula is C13H26O2. The first-order chi connectivity index (χ1) is 7.16. The quantitative estimate of drug-likeness (QED) is 0.640. The van der Waals surface area contributed by atoms with Crippen LogP contribution in [0.4, 0.5) is 0 Å². The van der Waals surface area contributed by atoms with E-state index in [-0.39, 0.29) is 6.10 Å². The van der Waals surface area contributed by atoms with E-state index in [1.165, 1.54) is 19.3 Å². The minimum absolute atomic E-state index is 0.287.